The molecule has 6 nitrogen and oxygen atoms in total. The van der Waals surface area contributed by atoms with E-state index in [0.717, 1.165) is 0 Å². The Bertz CT molecular complexity index is 619. The number of hydrogen-bond acceptors (Lipinski definition) is 4. The first-order chi connectivity index (χ1) is 9.13. The minimum absolute atomic E-state index is 0.291. The van der Waals surface area contributed by atoms with Crippen LogP contribution in [-0.2, 0) is 4.74 Å². The van der Waals surface area contributed by atoms with Gasteiger partial charge >= 0.3 is 5.97 Å². The highest BCUT2D eigenvalue weighted by atomic mass is 16.5. The van der Waals surface area contributed by atoms with Gasteiger partial charge in [-0.15, -0.1) is 0 Å². The van der Waals surface area contributed by atoms with E-state index >= 15 is 0 Å². The molecule has 0 radical (unpaired) electrons. The molecule has 98 valence electrons. The van der Waals surface area contributed by atoms with Crippen molar-refractivity contribution in [3.63, 3.8) is 0 Å². The van der Waals surface area contributed by atoms with Crippen LogP contribution in [0.15, 0.2) is 30.6 Å². The lowest BCUT2D eigenvalue weighted by Crippen LogP contribution is -2.16. The predicted octanol–water partition coefficient (Wildman–Crippen LogP) is 1.76. The van der Waals surface area contributed by atoms with Crippen molar-refractivity contribution in [2.45, 2.75) is 6.92 Å². The van der Waals surface area contributed by atoms with E-state index in [-0.39, 0.29) is 5.91 Å². The molecule has 0 aliphatic carbocycles. The van der Waals surface area contributed by atoms with Crippen LogP contribution in [0.2, 0.25) is 0 Å². The quantitative estimate of drug-likeness (QED) is 0.822. The second kappa shape index (κ2) is 5.34. The van der Waals surface area contributed by atoms with Crippen LogP contribution in [0, 0.1) is 6.92 Å². The van der Waals surface area contributed by atoms with Crippen molar-refractivity contribution < 1.29 is 14.3 Å². The molecule has 19 heavy (non-hydrogen) atoms. The van der Waals surface area contributed by atoms with E-state index in [0.29, 0.717) is 22.6 Å². The number of rotatable bonds is 3. The number of benzene rings is 1. The number of esters is 1. The number of para-hydroxylation sites is 1. The van der Waals surface area contributed by atoms with Crippen LogP contribution < -0.4 is 5.32 Å². The van der Waals surface area contributed by atoms with Crippen molar-refractivity contribution in [3.05, 3.63) is 47.5 Å². The smallest absolute Gasteiger partial charge is 0.339 e. The normalized spacial score (nSPS) is 10.0. The molecule has 6 heteroatoms. The molecule has 0 atom stereocenters. The van der Waals surface area contributed by atoms with Crippen molar-refractivity contribution >= 4 is 17.6 Å². The first-order valence-corrected chi connectivity index (χ1v) is 5.62. The number of amides is 1. The molecule has 0 saturated carbocycles. The zero-order valence-electron chi connectivity index (χ0n) is 10.6. The highest BCUT2D eigenvalue weighted by molar-refractivity contribution is 6.07. The Kier molecular flexibility index (Phi) is 3.61. The second-order valence-electron chi connectivity index (χ2n) is 3.87. The number of H-pyrrole nitrogens is 1. The Morgan fingerprint density at radius 3 is 2.68 bits per heavy atom. The Morgan fingerprint density at radius 1 is 1.32 bits per heavy atom. The van der Waals surface area contributed by atoms with E-state index in [1.165, 1.54) is 13.4 Å². The highest BCUT2D eigenvalue weighted by Gasteiger charge is 2.16. The summed E-state index contributed by atoms with van der Waals surface area (Å²) in [5.74, 6) is -0.884. The number of ether oxygens (including phenoxy) is 1. The van der Waals surface area contributed by atoms with Crippen LogP contribution in [-0.4, -0.2) is 29.0 Å². The number of aryl methyl sites for hydroxylation is 1. The lowest BCUT2D eigenvalue weighted by atomic mass is 10.1. The Morgan fingerprint density at radius 2 is 2.05 bits per heavy atom. The molecule has 1 aromatic heterocycles. The van der Waals surface area contributed by atoms with E-state index < -0.39 is 5.97 Å². The monoisotopic (exact) mass is 259 g/mol. The molecule has 0 bridgehead atoms. The van der Waals surface area contributed by atoms with Gasteiger partial charge in [0, 0.05) is 5.69 Å². The molecule has 2 rings (SSSR count). The van der Waals surface area contributed by atoms with E-state index in [1.807, 2.05) is 0 Å². The molecule has 1 heterocycles. The average molecular weight is 259 g/mol. The summed E-state index contributed by atoms with van der Waals surface area (Å²) in [6, 6.07) is 6.63. The number of nitrogens with zero attached hydrogens (tertiary/aromatic N) is 1. The Hall–Kier alpha value is -2.63. The molecule has 0 spiro atoms. The Labute approximate surface area is 109 Å². The van der Waals surface area contributed by atoms with E-state index in [4.69, 9.17) is 0 Å². The van der Waals surface area contributed by atoms with Crippen LogP contribution in [0.25, 0.3) is 0 Å². The van der Waals surface area contributed by atoms with Gasteiger partial charge in [-0.1, -0.05) is 12.1 Å². The summed E-state index contributed by atoms with van der Waals surface area (Å²) in [6.45, 7) is 1.74. The van der Waals surface area contributed by atoms with Crippen LogP contribution in [0.3, 0.4) is 0 Å². The van der Waals surface area contributed by atoms with E-state index in [1.54, 1.807) is 31.2 Å². The van der Waals surface area contributed by atoms with Crippen molar-refractivity contribution in [2.75, 3.05) is 12.4 Å². The number of hydrogen-bond donors (Lipinski definition) is 2. The SMILES string of the molecule is COC(=O)c1ccccc1NC(=O)c1nc[nH]c1C. The molecule has 0 unspecified atom stereocenters. The second-order valence-corrected chi connectivity index (χ2v) is 3.87. The van der Waals surface area contributed by atoms with Gasteiger partial charge in [0.15, 0.2) is 0 Å². The summed E-state index contributed by atoms with van der Waals surface area (Å²) in [7, 11) is 1.29. The third kappa shape index (κ3) is 2.62. The third-order valence-electron chi connectivity index (χ3n) is 2.63. The summed E-state index contributed by atoms with van der Waals surface area (Å²) in [5, 5.41) is 2.65. The molecular weight excluding hydrogens is 246 g/mol. The summed E-state index contributed by atoms with van der Waals surface area (Å²) in [4.78, 5) is 30.3. The minimum atomic E-state index is -0.505. The first kappa shape index (κ1) is 12.8. The zero-order chi connectivity index (χ0) is 13.8. The molecule has 0 aliphatic heterocycles. The van der Waals surface area contributed by atoms with Gasteiger partial charge in [-0.2, -0.15) is 0 Å². The van der Waals surface area contributed by atoms with Crippen LogP contribution in [0.5, 0.6) is 0 Å². The fourth-order valence-electron chi connectivity index (χ4n) is 1.65. The van der Waals surface area contributed by atoms with Gasteiger partial charge in [-0.3, -0.25) is 4.79 Å². The largest absolute Gasteiger partial charge is 0.465 e. The molecule has 2 aromatic rings. The first-order valence-electron chi connectivity index (χ1n) is 5.62. The number of carbonyl (C=O) groups is 2. The van der Waals surface area contributed by atoms with Crippen LogP contribution >= 0.6 is 0 Å². The van der Waals surface area contributed by atoms with Gasteiger partial charge in [-0.25, -0.2) is 9.78 Å². The molecule has 2 N–H and O–H groups in total. The van der Waals surface area contributed by atoms with Crippen LogP contribution in [0.4, 0.5) is 5.69 Å². The summed E-state index contributed by atoms with van der Waals surface area (Å²) in [5.41, 5.74) is 1.64. The van der Waals surface area contributed by atoms with E-state index in [9.17, 15) is 9.59 Å². The third-order valence-corrected chi connectivity index (χ3v) is 2.63. The number of aromatic nitrogens is 2. The average Bonchev–Trinajstić information content (AvgIpc) is 2.85. The van der Waals surface area contributed by atoms with Gasteiger partial charge in [0.2, 0.25) is 0 Å². The minimum Gasteiger partial charge on any atom is -0.465 e. The van der Waals surface area contributed by atoms with Crippen LogP contribution in [0.1, 0.15) is 26.5 Å². The van der Waals surface area contributed by atoms with Crippen molar-refractivity contribution in [1.82, 2.24) is 9.97 Å². The fraction of sp³-hybridized carbons (Fsp3) is 0.154. The highest BCUT2D eigenvalue weighted by Crippen LogP contribution is 2.17. The van der Waals surface area contributed by atoms with Crippen molar-refractivity contribution in [2.24, 2.45) is 0 Å². The van der Waals surface area contributed by atoms with Gasteiger partial charge < -0.3 is 15.0 Å². The Balaban J connectivity index is 2.27. The maximum absolute atomic E-state index is 12.0. The lowest BCUT2D eigenvalue weighted by molar-refractivity contribution is 0.0602. The topological polar surface area (TPSA) is 84.1 Å². The molecule has 1 aromatic carbocycles. The van der Waals surface area contributed by atoms with Gasteiger partial charge in [0.1, 0.15) is 5.69 Å². The number of carbonyl (C=O) groups excluding carboxylic acids is 2. The molecule has 0 saturated heterocycles. The standard InChI is InChI=1S/C13H13N3O3/c1-8-11(15-7-14-8)12(17)16-10-6-4-3-5-9(10)13(18)19-2/h3-7H,1-2H3,(H,14,15)(H,16,17). The van der Waals surface area contributed by atoms with Gasteiger partial charge in [0.05, 0.1) is 24.7 Å². The zero-order valence-corrected chi connectivity index (χ0v) is 10.6. The summed E-state index contributed by atoms with van der Waals surface area (Å²) < 4.78 is 4.66. The van der Waals surface area contributed by atoms with Gasteiger partial charge in [-0.05, 0) is 19.1 Å². The maximum Gasteiger partial charge on any atom is 0.339 e. The fourth-order valence-corrected chi connectivity index (χ4v) is 1.65. The summed E-state index contributed by atoms with van der Waals surface area (Å²) >= 11 is 0. The maximum atomic E-state index is 12.0. The molecule has 0 fully saturated rings. The predicted molar refractivity (Wildman–Crippen MR) is 69.1 cm³/mol. The number of aromatic amines is 1. The van der Waals surface area contributed by atoms with Gasteiger partial charge in [0.25, 0.3) is 5.91 Å². The summed E-state index contributed by atoms with van der Waals surface area (Å²) in [6.07, 6.45) is 1.44. The number of imidazole rings is 1. The number of anilines is 1. The molecular formula is C13H13N3O3. The van der Waals surface area contributed by atoms with Crippen molar-refractivity contribution in [3.8, 4) is 0 Å². The van der Waals surface area contributed by atoms with Crippen molar-refractivity contribution in [1.29, 1.82) is 0 Å². The molecule has 1 amide bonds. The lowest BCUT2D eigenvalue weighted by Gasteiger charge is -2.08. The van der Waals surface area contributed by atoms with E-state index in [2.05, 4.69) is 20.0 Å². The number of methoxy groups -OCH3 is 1. The number of nitrogens with one attached hydrogen (secondary N) is 2. The molecule has 0 aliphatic rings.